The summed E-state index contributed by atoms with van der Waals surface area (Å²) in [5, 5.41) is 9.24. The molecule has 3 rings (SSSR count). The molecule has 6 nitrogen and oxygen atoms in total. The Morgan fingerprint density at radius 1 is 1.06 bits per heavy atom. The molecule has 1 saturated heterocycles. The molecular formula is C24H32N2O4S. The average Bonchev–Trinajstić information content (AvgIpc) is 2.78. The van der Waals surface area contributed by atoms with Gasteiger partial charge in [-0.15, -0.1) is 0 Å². The number of likely N-dealkylation sites (tertiary alicyclic amines) is 1. The number of carbonyl (C=O) groups is 1. The lowest BCUT2D eigenvalue weighted by Gasteiger charge is -2.31. The van der Waals surface area contributed by atoms with E-state index in [0.717, 1.165) is 31.2 Å². The molecular weight excluding hydrogens is 412 g/mol. The van der Waals surface area contributed by atoms with E-state index >= 15 is 0 Å². The highest BCUT2D eigenvalue weighted by molar-refractivity contribution is 7.92. The molecule has 0 saturated carbocycles. The molecule has 1 fully saturated rings. The fourth-order valence-electron chi connectivity index (χ4n) is 3.69. The predicted molar refractivity (Wildman–Crippen MR) is 123 cm³/mol. The van der Waals surface area contributed by atoms with Crippen molar-refractivity contribution in [2.24, 2.45) is 11.8 Å². The number of rotatable bonds is 8. The Balaban J connectivity index is 1.61. The van der Waals surface area contributed by atoms with E-state index in [-0.39, 0.29) is 23.3 Å². The summed E-state index contributed by atoms with van der Waals surface area (Å²) >= 11 is 0. The summed E-state index contributed by atoms with van der Waals surface area (Å²) in [4.78, 5) is 14.7. The van der Waals surface area contributed by atoms with Gasteiger partial charge >= 0.3 is 0 Å². The average molecular weight is 445 g/mol. The minimum Gasteiger partial charge on any atom is -0.396 e. The molecule has 0 spiro atoms. The second-order valence-electron chi connectivity index (χ2n) is 8.68. The van der Waals surface area contributed by atoms with Gasteiger partial charge < -0.3 is 10.0 Å². The van der Waals surface area contributed by atoms with Gasteiger partial charge in [-0.05, 0) is 79.5 Å². The van der Waals surface area contributed by atoms with Crippen LogP contribution in [0, 0.1) is 11.8 Å². The molecule has 0 unspecified atom stereocenters. The number of nitrogens with zero attached hydrogens (tertiary/aromatic N) is 1. The largest absolute Gasteiger partial charge is 0.396 e. The van der Waals surface area contributed by atoms with Crippen molar-refractivity contribution < 1.29 is 18.3 Å². The summed E-state index contributed by atoms with van der Waals surface area (Å²) in [7, 11) is -3.69. The van der Waals surface area contributed by atoms with Crippen LogP contribution in [0.25, 0.3) is 0 Å². The lowest BCUT2D eigenvalue weighted by Crippen LogP contribution is -2.39. The number of benzene rings is 2. The van der Waals surface area contributed by atoms with Crippen molar-refractivity contribution in [2.45, 2.75) is 44.4 Å². The van der Waals surface area contributed by atoms with E-state index in [9.17, 15) is 18.3 Å². The molecule has 1 aliphatic heterocycles. The van der Waals surface area contributed by atoms with Gasteiger partial charge in [0.2, 0.25) is 0 Å². The van der Waals surface area contributed by atoms with Crippen molar-refractivity contribution >= 4 is 21.6 Å². The van der Waals surface area contributed by atoms with Gasteiger partial charge in [-0.2, -0.15) is 0 Å². The Kier molecular flexibility index (Phi) is 7.73. The molecule has 0 aromatic heterocycles. The molecule has 0 atom stereocenters. The van der Waals surface area contributed by atoms with Crippen LogP contribution in [0.1, 0.15) is 49.0 Å². The Labute approximate surface area is 185 Å². The predicted octanol–water partition coefficient (Wildman–Crippen LogP) is 3.92. The van der Waals surface area contributed by atoms with Crippen molar-refractivity contribution in [2.75, 3.05) is 24.4 Å². The highest BCUT2D eigenvalue weighted by Crippen LogP contribution is 2.21. The van der Waals surface area contributed by atoms with E-state index in [1.807, 2.05) is 12.1 Å². The highest BCUT2D eigenvalue weighted by Gasteiger charge is 2.23. The number of aryl methyl sites for hydroxylation is 1. The first-order valence-electron chi connectivity index (χ1n) is 10.9. The smallest absolute Gasteiger partial charge is 0.261 e. The molecule has 7 heteroatoms. The minimum atomic E-state index is -3.69. The van der Waals surface area contributed by atoms with Crippen molar-refractivity contribution in [3.8, 4) is 0 Å². The second-order valence-corrected chi connectivity index (χ2v) is 10.4. The topological polar surface area (TPSA) is 86.7 Å². The zero-order valence-electron chi connectivity index (χ0n) is 18.3. The molecule has 2 aromatic rings. The first-order chi connectivity index (χ1) is 14.8. The maximum atomic E-state index is 12.7. The van der Waals surface area contributed by atoms with E-state index in [4.69, 9.17) is 0 Å². The van der Waals surface area contributed by atoms with Crippen LogP contribution >= 0.6 is 0 Å². The number of nitrogens with one attached hydrogen (secondary N) is 1. The molecule has 1 heterocycles. The van der Waals surface area contributed by atoms with Crippen molar-refractivity contribution in [3.63, 3.8) is 0 Å². The standard InChI is InChI=1S/C24H32N2O4S/c1-18(2)3-4-19-5-11-23(12-6-19)31(29,30)25-22-9-7-21(8-10-22)24(28)26-15-13-20(17-27)14-16-26/h5-12,18,20,25,27H,3-4,13-17H2,1-2H3. The molecule has 2 N–H and O–H groups in total. The summed E-state index contributed by atoms with van der Waals surface area (Å²) in [6.07, 6.45) is 3.60. The number of aliphatic hydroxyl groups is 1. The summed E-state index contributed by atoms with van der Waals surface area (Å²) in [6, 6.07) is 13.5. The number of aliphatic hydroxyl groups excluding tert-OH is 1. The van der Waals surface area contributed by atoms with E-state index < -0.39 is 10.0 Å². The van der Waals surface area contributed by atoms with Gasteiger partial charge in [0.1, 0.15) is 0 Å². The van der Waals surface area contributed by atoms with Gasteiger partial charge in [0.05, 0.1) is 4.90 Å². The van der Waals surface area contributed by atoms with Crippen LogP contribution in [0.15, 0.2) is 53.4 Å². The molecule has 2 aromatic carbocycles. The van der Waals surface area contributed by atoms with Gasteiger partial charge in [-0.25, -0.2) is 8.42 Å². The van der Waals surface area contributed by atoms with Crippen molar-refractivity contribution in [1.29, 1.82) is 0 Å². The molecule has 0 bridgehead atoms. The molecule has 0 radical (unpaired) electrons. The Bertz CT molecular complexity index is 962. The third-order valence-corrected chi connectivity index (χ3v) is 7.19. The first kappa shape index (κ1) is 23.3. The summed E-state index contributed by atoms with van der Waals surface area (Å²) in [5.41, 5.74) is 2.07. The van der Waals surface area contributed by atoms with Crippen LogP contribution in [0.4, 0.5) is 5.69 Å². The normalized spacial score (nSPS) is 15.3. The lowest BCUT2D eigenvalue weighted by atomic mass is 9.97. The van der Waals surface area contributed by atoms with Gasteiger partial charge in [-0.1, -0.05) is 26.0 Å². The second kappa shape index (κ2) is 10.3. The van der Waals surface area contributed by atoms with E-state index in [1.165, 1.54) is 0 Å². The third-order valence-electron chi connectivity index (χ3n) is 5.79. The number of piperidine rings is 1. The van der Waals surface area contributed by atoms with Gasteiger partial charge in [-0.3, -0.25) is 9.52 Å². The molecule has 1 amide bonds. The Hall–Kier alpha value is -2.38. The van der Waals surface area contributed by atoms with Gasteiger partial charge in [0.25, 0.3) is 15.9 Å². The maximum absolute atomic E-state index is 12.7. The van der Waals surface area contributed by atoms with Crippen LogP contribution in [0.3, 0.4) is 0 Å². The zero-order valence-corrected chi connectivity index (χ0v) is 19.1. The zero-order chi connectivity index (χ0) is 22.4. The maximum Gasteiger partial charge on any atom is 0.261 e. The quantitative estimate of drug-likeness (QED) is 0.646. The minimum absolute atomic E-state index is 0.0669. The molecule has 1 aliphatic rings. The van der Waals surface area contributed by atoms with Crippen molar-refractivity contribution in [1.82, 2.24) is 4.90 Å². The van der Waals surface area contributed by atoms with Crippen LogP contribution in [-0.2, 0) is 16.4 Å². The third kappa shape index (κ3) is 6.31. The van der Waals surface area contributed by atoms with Gasteiger partial charge in [0.15, 0.2) is 0 Å². The monoisotopic (exact) mass is 444 g/mol. The summed E-state index contributed by atoms with van der Waals surface area (Å²) in [5.74, 6) is 0.806. The van der Waals surface area contributed by atoms with Crippen LogP contribution in [0.2, 0.25) is 0 Å². The number of hydrogen-bond acceptors (Lipinski definition) is 4. The van der Waals surface area contributed by atoms with Crippen molar-refractivity contribution in [3.05, 3.63) is 59.7 Å². The fraction of sp³-hybridized carbons (Fsp3) is 0.458. The molecule has 0 aliphatic carbocycles. The number of amides is 1. The number of sulfonamides is 1. The van der Waals surface area contributed by atoms with E-state index in [1.54, 1.807) is 41.3 Å². The Morgan fingerprint density at radius 3 is 2.23 bits per heavy atom. The summed E-state index contributed by atoms with van der Waals surface area (Å²) in [6.45, 7) is 5.76. The van der Waals surface area contributed by atoms with Crippen LogP contribution in [-0.4, -0.2) is 44.0 Å². The highest BCUT2D eigenvalue weighted by atomic mass is 32.2. The first-order valence-corrected chi connectivity index (χ1v) is 12.4. The molecule has 168 valence electrons. The summed E-state index contributed by atoms with van der Waals surface area (Å²) < 4.78 is 28.0. The number of hydrogen-bond donors (Lipinski definition) is 2. The van der Waals surface area contributed by atoms with Crippen LogP contribution in [0.5, 0.6) is 0 Å². The number of carbonyl (C=O) groups excluding carboxylic acids is 1. The SMILES string of the molecule is CC(C)CCc1ccc(S(=O)(=O)Nc2ccc(C(=O)N3CCC(CO)CC3)cc2)cc1. The number of anilines is 1. The van der Waals surface area contributed by atoms with Gasteiger partial charge in [0, 0.05) is 30.9 Å². The Morgan fingerprint density at radius 2 is 1.68 bits per heavy atom. The van der Waals surface area contributed by atoms with E-state index in [2.05, 4.69) is 18.6 Å². The fourth-order valence-corrected chi connectivity index (χ4v) is 4.75. The van der Waals surface area contributed by atoms with E-state index in [0.29, 0.717) is 30.3 Å². The molecule has 31 heavy (non-hydrogen) atoms. The van der Waals surface area contributed by atoms with Crippen LogP contribution < -0.4 is 4.72 Å². The lowest BCUT2D eigenvalue weighted by molar-refractivity contribution is 0.0651.